The largest absolute Gasteiger partial charge is 0.479 e. The van der Waals surface area contributed by atoms with Gasteiger partial charge >= 0.3 is 5.97 Å². The lowest BCUT2D eigenvalue weighted by Crippen LogP contribution is -2.30. The molecule has 21 heavy (non-hydrogen) atoms. The molecule has 2 unspecified atom stereocenters. The van der Waals surface area contributed by atoms with E-state index in [-0.39, 0.29) is 5.91 Å². The van der Waals surface area contributed by atoms with Gasteiger partial charge in [-0.15, -0.1) is 0 Å². The predicted molar refractivity (Wildman–Crippen MR) is 78.0 cm³/mol. The average molecular weight is 292 g/mol. The number of nitrogens with one attached hydrogen (secondary N) is 1. The number of hydrogen-bond acceptors (Lipinski definition) is 4. The predicted octanol–water partition coefficient (Wildman–Crippen LogP) is 1.32. The molecule has 1 aromatic rings. The normalized spacial score (nSPS) is 21.5. The third kappa shape index (κ3) is 4.27. The summed E-state index contributed by atoms with van der Waals surface area (Å²) in [5.74, 6) is -1.31. The molecule has 0 saturated carbocycles. The van der Waals surface area contributed by atoms with Gasteiger partial charge in [-0.2, -0.15) is 0 Å². The maximum absolute atomic E-state index is 12.1. The number of ether oxygens (including phenoxy) is 1. The Kier molecular flexibility index (Phi) is 4.93. The molecule has 0 aromatic heterocycles. The highest BCUT2D eigenvalue weighted by Gasteiger charge is 2.34. The molecule has 0 radical (unpaired) electrons. The van der Waals surface area contributed by atoms with E-state index in [4.69, 9.17) is 9.84 Å². The Morgan fingerprint density at radius 3 is 2.67 bits per heavy atom. The summed E-state index contributed by atoms with van der Waals surface area (Å²) in [6, 6.07) is 7.58. The first-order valence-electron chi connectivity index (χ1n) is 6.88. The average Bonchev–Trinajstić information content (AvgIpc) is 2.88. The van der Waals surface area contributed by atoms with Crippen LogP contribution in [0.2, 0.25) is 0 Å². The molecule has 1 aliphatic heterocycles. The summed E-state index contributed by atoms with van der Waals surface area (Å²) in [6.07, 6.45) is -0.765. The van der Waals surface area contributed by atoms with Crippen LogP contribution in [0.25, 0.3) is 0 Å². The molecule has 0 spiro atoms. The minimum absolute atomic E-state index is 0.291. The Bertz CT molecular complexity index is 530. The monoisotopic (exact) mass is 292 g/mol. The van der Waals surface area contributed by atoms with Crippen LogP contribution < -0.4 is 5.32 Å². The number of rotatable bonds is 5. The molecular weight excluding hydrogens is 272 g/mol. The third-order valence-corrected chi connectivity index (χ3v) is 3.28. The molecule has 2 atom stereocenters. The number of anilines is 1. The van der Waals surface area contributed by atoms with Crippen molar-refractivity contribution >= 4 is 17.6 Å². The molecule has 6 nitrogen and oxygen atoms in total. The summed E-state index contributed by atoms with van der Waals surface area (Å²) in [6.45, 7) is 0.782. The molecule has 1 fully saturated rings. The minimum atomic E-state index is -1.02. The van der Waals surface area contributed by atoms with Crippen LogP contribution in [-0.2, 0) is 20.9 Å². The number of aliphatic carboxylic acids is 1. The summed E-state index contributed by atoms with van der Waals surface area (Å²) in [4.78, 5) is 24.9. The number of hydrogen-bond donors (Lipinski definition) is 2. The van der Waals surface area contributed by atoms with Crippen molar-refractivity contribution in [3.8, 4) is 0 Å². The van der Waals surface area contributed by atoms with Crippen molar-refractivity contribution in [2.45, 2.75) is 31.6 Å². The van der Waals surface area contributed by atoms with Crippen LogP contribution in [0.15, 0.2) is 24.3 Å². The van der Waals surface area contributed by atoms with Crippen LogP contribution in [-0.4, -0.2) is 48.2 Å². The van der Waals surface area contributed by atoms with E-state index in [0.29, 0.717) is 18.5 Å². The number of carboxylic acids is 1. The molecule has 1 saturated heterocycles. The first-order chi connectivity index (χ1) is 9.95. The molecule has 1 heterocycles. The molecule has 1 amide bonds. The number of benzene rings is 1. The van der Waals surface area contributed by atoms with E-state index in [1.54, 1.807) is 6.07 Å². The highest BCUT2D eigenvalue weighted by atomic mass is 16.5. The zero-order chi connectivity index (χ0) is 15.4. The lowest BCUT2D eigenvalue weighted by Gasteiger charge is -2.14. The Labute approximate surface area is 123 Å². The molecule has 114 valence electrons. The van der Waals surface area contributed by atoms with Gasteiger partial charge in [0.1, 0.15) is 6.10 Å². The second kappa shape index (κ2) is 6.69. The first-order valence-corrected chi connectivity index (χ1v) is 6.88. The summed E-state index contributed by atoms with van der Waals surface area (Å²) in [7, 11) is 3.95. The molecular formula is C15H20N2O4. The van der Waals surface area contributed by atoms with Gasteiger partial charge in [-0.25, -0.2) is 4.79 Å². The van der Waals surface area contributed by atoms with Gasteiger partial charge in [-0.1, -0.05) is 12.1 Å². The van der Waals surface area contributed by atoms with Crippen molar-refractivity contribution in [3.63, 3.8) is 0 Å². The van der Waals surface area contributed by atoms with E-state index in [0.717, 1.165) is 12.1 Å². The first kappa shape index (κ1) is 15.5. The number of nitrogens with zero attached hydrogens (tertiary/aromatic N) is 1. The van der Waals surface area contributed by atoms with Crippen molar-refractivity contribution in [1.82, 2.24) is 4.90 Å². The van der Waals surface area contributed by atoms with Crippen molar-refractivity contribution < 1.29 is 19.4 Å². The molecule has 0 bridgehead atoms. The lowest BCUT2D eigenvalue weighted by atomic mass is 10.1. The number of carbonyl (C=O) groups is 2. The van der Waals surface area contributed by atoms with E-state index >= 15 is 0 Å². The summed E-state index contributed by atoms with van der Waals surface area (Å²) < 4.78 is 5.23. The number of amides is 1. The standard InChI is InChI=1S/C15H20N2O4/c1-17(2)9-10-4-3-5-11(8-10)16-14(18)12-6-7-13(21-12)15(19)20/h3-5,8,12-13H,6-7,9H2,1-2H3,(H,16,18)(H,19,20). The molecule has 2 rings (SSSR count). The second-order valence-electron chi connectivity index (χ2n) is 5.46. The summed E-state index contributed by atoms with van der Waals surface area (Å²) in [5.41, 5.74) is 1.79. The van der Waals surface area contributed by atoms with Crippen molar-refractivity contribution in [2.24, 2.45) is 0 Å². The van der Waals surface area contributed by atoms with E-state index in [1.165, 1.54) is 0 Å². The molecule has 6 heteroatoms. The highest BCUT2D eigenvalue weighted by molar-refractivity contribution is 5.94. The molecule has 0 aliphatic carbocycles. The van der Waals surface area contributed by atoms with Crippen LogP contribution in [0.5, 0.6) is 0 Å². The van der Waals surface area contributed by atoms with E-state index in [1.807, 2.05) is 37.2 Å². The van der Waals surface area contributed by atoms with Crippen LogP contribution in [0.4, 0.5) is 5.69 Å². The van der Waals surface area contributed by atoms with E-state index < -0.39 is 18.2 Å². The van der Waals surface area contributed by atoms with Gasteiger partial charge < -0.3 is 20.1 Å². The van der Waals surface area contributed by atoms with Gasteiger partial charge in [0.05, 0.1) is 0 Å². The third-order valence-electron chi connectivity index (χ3n) is 3.28. The number of carboxylic acid groups (broad SMARTS) is 1. The summed E-state index contributed by atoms with van der Waals surface area (Å²) in [5, 5.41) is 11.6. The Hall–Kier alpha value is -1.92. The maximum Gasteiger partial charge on any atom is 0.332 e. The topological polar surface area (TPSA) is 78.9 Å². The minimum Gasteiger partial charge on any atom is -0.479 e. The zero-order valence-corrected chi connectivity index (χ0v) is 12.2. The maximum atomic E-state index is 12.1. The van der Waals surface area contributed by atoms with Gasteiger partial charge in [-0.05, 0) is 44.6 Å². The fourth-order valence-electron chi connectivity index (χ4n) is 2.35. The van der Waals surface area contributed by atoms with E-state index in [2.05, 4.69) is 5.32 Å². The van der Waals surface area contributed by atoms with Crippen molar-refractivity contribution in [1.29, 1.82) is 0 Å². The molecule has 2 N–H and O–H groups in total. The van der Waals surface area contributed by atoms with Gasteiger partial charge in [0.15, 0.2) is 6.10 Å². The molecule has 1 aliphatic rings. The second-order valence-corrected chi connectivity index (χ2v) is 5.46. The lowest BCUT2D eigenvalue weighted by molar-refractivity contribution is -0.150. The summed E-state index contributed by atoms with van der Waals surface area (Å²) >= 11 is 0. The smallest absolute Gasteiger partial charge is 0.332 e. The number of carbonyl (C=O) groups excluding carboxylic acids is 1. The van der Waals surface area contributed by atoms with Crippen LogP contribution in [0.1, 0.15) is 18.4 Å². The highest BCUT2D eigenvalue weighted by Crippen LogP contribution is 2.21. The van der Waals surface area contributed by atoms with Crippen molar-refractivity contribution in [2.75, 3.05) is 19.4 Å². The SMILES string of the molecule is CN(C)Cc1cccc(NC(=O)C2CCC(C(=O)O)O2)c1. The van der Waals surface area contributed by atoms with Crippen LogP contribution >= 0.6 is 0 Å². The Morgan fingerprint density at radius 1 is 1.33 bits per heavy atom. The van der Waals surface area contributed by atoms with Gasteiger partial charge in [0.2, 0.25) is 0 Å². The molecule has 1 aromatic carbocycles. The van der Waals surface area contributed by atoms with Gasteiger partial charge in [-0.3, -0.25) is 4.79 Å². The quantitative estimate of drug-likeness (QED) is 0.855. The van der Waals surface area contributed by atoms with Gasteiger partial charge in [0.25, 0.3) is 5.91 Å². The fraction of sp³-hybridized carbons (Fsp3) is 0.467. The van der Waals surface area contributed by atoms with Crippen molar-refractivity contribution in [3.05, 3.63) is 29.8 Å². The fourth-order valence-corrected chi connectivity index (χ4v) is 2.35. The van der Waals surface area contributed by atoms with Crippen LogP contribution in [0, 0.1) is 0 Å². The Balaban J connectivity index is 1.95. The van der Waals surface area contributed by atoms with E-state index in [9.17, 15) is 9.59 Å². The zero-order valence-electron chi connectivity index (χ0n) is 12.2. The van der Waals surface area contributed by atoms with Gasteiger partial charge in [0, 0.05) is 12.2 Å². The van der Waals surface area contributed by atoms with Crippen LogP contribution in [0.3, 0.4) is 0 Å². The Morgan fingerprint density at radius 2 is 2.05 bits per heavy atom.